The maximum Gasteiger partial charge on any atom is 0.272 e. The van der Waals surface area contributed by atoms with Crippen molar-refractivity contribution < 1.29 is 19.1 Å². The Balaban J connectivity index is 1.32. The number of thioether (sulfide) groups is 1. The molecule has 1 aromatic heterocycles. The maximum atomic E-state index is 13.6. The molecule has 1 unspecified atom stereocenters. The summed E-state index contributed by atoms with van der Waals surface area (Å²) in [6.45, 7) is 4.28. The van der Waals surface area contributed by atoms with Gasteiger partial charge in [0.15, 0.2) is 5.13 Å². The molecule has 0 aliphatic carbocycles. The number of carbonyl (C=O) groups is 3. The third-order valence-corrected chi connectivity index (χ3v) is 8.91. The summed E-state index contributed by atoms with van der Waals surface area (Å²) < 4.78 is 6.74. The Morgan fingerprint density at radius 2 is 1.64 bits per heavy atom. The molecule has 45 heavy (non-hydrogen) atoms. The van der Waals surface area contributed by atoms with Crippen molar-refractivity contribution in [1.82, 2.24) is 10.3 Å². The van der Waals surface area contributed by atoms with Crippen LogP contribution in [-0.4, -0.2) is 34.6 Å². The monoisotopic (exact) mass is 636 g/mol. The molecule has 5 rings (SSSR count). The normalized spacial score (nSPS) is 11.9. The van der Waals surface area contributed by atoms with E-state index in [2.05, 4.69) is 20.9 Å². The molecule has 0 aliphatic rings. The fourth-order valence-electron chi connectivity index (χ4n) is 4.43. The number of carbonyl (C=O) groups excluding carboxylic acids is 3. The van der Waals surface area contributed by atoms with E-state index in [-0.39, 0.29) is 16.9 Å². The smallest absolute Gasteiger partial charge is 0.272 e. The molecule has 0 fully saturated rings. The number of thiazole rings is 1. The van der Waals surface area contributed by atoms with Crippen LogP contribution in [0.1, 0.15) is 36.2 Å². The average Bonchev–Trinajstić information content (AvgIpc) is 3.47. The van der Waals surface area contributed by atoms with Gasteiger partial charge in [-0.05, 0) is 68.0 Å². The van der Waals surface area contributed by atoms with Gasteiger partial charge >= 0.3 is 0 Å². The molecule has 3 N–H and O–H groups in total. The van der Waals surface area contributed by atoms with Crippen LogP contribution in [0.3, 0.4) is 0 Å². The Morgan fingerprint density at radius 1 is 0.889 bits per heavy atom. The largest absolute Gasteiger partial charge is 0.493 e. The van der Waals surface area contributed by atoms with Crippen molar-refractivity contribution in [3.05, 3.63) is 120 Å². The van der Waals surface area contributed by atoms with E-state index in [1.807, 2.05) is 80.6 Å². The first-order valence-electron chi connectivity index (χ1n) is 14.5. The minimum atomic E-state index is -0.506. The number of hydrogen-bond donors (Lipinski definition) is 3. The SMILES string of the molecule is CCOc1ccccc1/C=C(/NC(=O)c1ccccc1)C(=O)Nc1cccc(SC(CC)C(=O)Nc2nc3ccccc3s2)c1. The first-order valence-corrected chi connectivity index (χ1v) is 16.2. The lowest BCUT2D eigenvalue weighted by Crippen LogP contribution is -2.30. The molecule has 1 atom stereocenters. The first kappa shape index (κ1) is 31.5. The number of hydrogen-bond acceptors (Lipinski definition) is 7. The molecule has 5 aromatic rings. The van der Waals surface area contributed by atoms with E-state index < -0.39 is 11.8 Å². The van der Waals surface area contributed by atoms with Gasteiger partial charge in [0.05, 0.1) is 22.1 Å². The Kier molecular flexibility index (Phi) is 10.6. The predicted molar refractivity (Wildman–Crippen MR) is 183 cm³/mol. The van der Waals surface area contributed by atoms with Gasteiger partial charge in [0.1, 0.15) is 11.4 Å². The van der Waals surface area contributed by atoms with Crippen molar-refractivity contribution in [3.8, 4) is 5.75 Å². The van der Waals surface area contributed by atoms with Crippen LogP contribution < -0.4 is 20.7 Å². The van der Waals surface area contributed by atoms with E-state index in [4.69, 9.17) is 4.74 Å². The number of amides is 3. The average molecular weight is 637 g/mol. The summed E-state index contributed by atoms with van der Waals surface area (Å²) >= 11 is 2.84. The van der Waals surface area contributed by atoms with Crippen LogP contribution >= 0.6 is 23.1 Å². The van der Waals surface area contributed by atoms with Gasteiger partial charge in [-0.2, -0.15) is 0 Å². The molecule has 0 saturated carbocycles. The Morgan fingerprint density at radius 3 is 2.42 bits per heavy atom. The van der Waals surface area contributed by atoms with Crippen molar-refractivity contribution in [2.75, 3.05) is 17.2 Å². The Bertz CT molecular complexity index is 1810. The minimum Gasteiger partial charge on any atom is -0.493 e. The highest BCUT2D eigenvalue weighted by Gasteiger charge is 2.21. The Hall–Kier alpha value is -4.93. The highest BCUT2D eigenvalue weighted by Crippen LogP contribution is 2.31. The van der Waals surface area contributed by atoms with Gasteiger partial charge in [-0.15, -0.1) is 11.8 Å². The van der Waals surface area contributed by atoms with E-state index in [1.54, 1.807) is 42.5 Å². The van der Waals surface area contributed by atoms with Crippen LogP contribution in [-0.2, 0) is 9.59 Å². The van der Waals surface area contributed by atoms with E-state index in [1.165, 1.54) is 23.1 Å². The van der Waals surface area contributed by atoms with E-state index in [9.17, 15) is 14.4 Å². The second kappa shape index (κ2) is 15.2. The molecular formula is C35H32N4O4S2. The fourth-order valence-corrected chi connectivity index (χ4v) is 6.31. The molecule has 1 heterocycles. The van der Waals surface area contributed by atoms with Gasteiger partial charge in [0, 0.05) is 21.7 Å². The zero-order chi connectivity index (χ0) is 31.6. The number of aromatic nitrogens is 1. The molecule has 0 spiro atoms. The summed E-state index contributed by atoms with van der Waals surface area (Å²) in [5.41, 5.74) is 2.48. The zero-order valence-corrected chi connectivity index (χ0v) is 26.4. The third-order valence-electron chi connectivity index (χ3n) is 6.60. The van der Waals surface area contributed by atoms with Crippen LogP contribution in [0, 0.1) is 0 Å². The van der Waals surface area contributed by atoms with E-state index >= 15 is 0 Å². The molecule has 0 radical (unpaired) electrons. The number of fused-ring (bicyclic) bond motifs is 1. The number of anilines is 2. The standard InChI is InChI=1S/C35H32N4O4S2/c1-3-30(34(42)39-35-38-27-18-9-11-20-31(27)45-35)44-26-17-12-16-25(22-26)36-33(41)28(37-32(40)23-13-6-5-7-14-23)21-24-15-8-10-19-29(24)43-4-2/h5-22,30H,3-4H2,1-2H3,(H,36,41)(H,37,40)(H,38,39,42)/b28-21+. The minimum absolute atomic E-state index is 0.0516. The molecule has 4 aromatic carbocycles. The molecule has 3 amide bonds. The number of ether oxygens (including phenoxy) is 1. The van der Waals surface area contributed by atoms with Crippen molar-refractivity contribution in [2.24, 2.45) is 0 Å². The molecule has 0 saturated heterocycles. The van der Waals surface area contributed by atoms with E-state index in [0.717, 1.165) is 15.1 Å². The fraction of sp³-hybridized carbons (Fsp3) is 0.143. The van der Waals surface area contributed by atoms with Gasteiger partial charge in [-0.3, -0.25) is 14.4 Å². The summed E-state index contributed by atoms with van der Waals surface area (Å²) in [7, 11) is 0. The third kappa shape index (κ3) is 8.37. The summed E-state index contributed by atoms with van der Waals surface area (Å²) in [6, 6.07) is 31.0. The number of benzene rings is 4. The van der Waals surface area contributed by atoms with Gasteiger partial charge in [-0.25, -0.2) is 4.98 Å². The molecular weight excluding hydrogens is 605 g/mol. The van der Waals surface area contributed by atoms with E-state index in [0.29, 0.717) is 40.7 Å². The second-order valence-electron chi connectivity index (χ2n) is 9.82. The number of para-hydroxylation sites is 2. The number of rotatable bonds is 12. The summed E-state index contributed by atoms with van der Waals surface area (Å²) in [5.74, 6) is -0.473. The Labute approximate surface area is 269 Å². The highest BCUT2D eigenvalue weighted by atomic mass is 32.2. The van der Waals surface area contributed by atoms with Crippen molar-refractivity contribution in [1.29, 1.82) is 0 Å². The lowest BCUT2D eigenvalue weighted by Gasteiger charge is -2.15. The quantitative estimate of drug-likeness (QED) is 0.0961. The molecule has 0 bridgehead atoms. The van der Waals surface area contributed by atoms with Crippen LogP contribution in [0.25, 0.3) is 16.3 Å². The van der Waals surface area contributed by atoms with Gasteiger partial charge < -0.3 is 20.7 Å². The lowest BCUT2D eigenvalue weighted by molar-refractivity contribution is -0.116. The second-order valence-corrected chi connectivity index (χ2v) is 12.1. The maximum absolute atomic E-state index is 13.6. The molecule has 0 aliphatic heterocycles. The number of nitrogens with one attached hydrogen (secondary N) is 3. The first-order chi connectivity index (χ1) is 21.9. The van der Waals surface area contributed by atoms with Crippen LogP contribution in [0.2, 0.25) is 0 Å². The summed E-state index contributed by atoms with van der Waals surface area (Å²) in [5, 5.41) is 8.80. The summed E-state index contributed by atoms with van der Waals surface area (Å²) in [6.07, 6.45) is 2.19. The molecule has 8 nitrogen and oxygen atoms in total. The van der Waals surface area contributed by atoms with Crippen LogP contribution in [0.5, 0.6) is 5.75 Å². The van der Waals surface area contributed by atoms with Crippen molar-refractivity contribution >= 4 is 67.9 Å². The van der Waals surface area contributed by atoms with Gasteiger partial charge in [0.25, 0.3) is 11.8 Å². The topological polar surface area (TPSA) is 109 Å². The van der Waals surface area contributed by atoms with Crippen LogP contribution in [0.4, 0.5) is 10.8 Å². The zero-order valence-electron chi connectivity index (χ0n) is 24.8. The molecule has 228 valence electrons. The van der Waals surface area contributed by atoms with Gasteiger partial charge in [-0.1, -0.05) is 72.9 Å². The van der Waals surface area contributed by atoms with Crippen molar-refractivity contribution in [3.63, 3.8) is 0 Å². The van der Waals surface area contributed by atoms with Crippen LogP contribution in [0.15, 0.2) is 114 Å². The molecule has 10 heteroatoms. The van der Waals surface area contributed by atoms with Crippen molar-refractivity contribution in [2.45, 2.75) is 30.4 Å². The lowest BCUT2D eigenvalue weighted by atomic mass is 10.1. The van der Waals surface area contributed by atoms with Gasteiger partial charge in [0.2, 0.25) is 5.91 Å². The predicted octanol–water partition coefficient (Wildman–Crippen LogP) is 7.61. The summed E-state index contributed by atoms with van der Waals surface area (Å²) in [4.78, 5) is 45.1. The highest BCUT2D eigenvalue weighted by molar-refractivity contribution is 8.00. The number of nitrogens with zero attached hydrogens (tertiary/aromatic N) is 1.